The summed E-state index contributed by atoms with van der Waals surface area (Å²) in [5.74, 6) is -0.693. The molecule has 0 aromatic heterocycles. The predicted molar refractivity (Wildman–Crippen MR) is 79.4 cm³/mol. The molecule has 1 saturated heterocycles. The minimum atomic E-state index is -0.614. The van der Waals surface area contributed by atoms with Crippen molar-refractivity contribution < 1.29 is 9.90 Å². The summed E-state index contributed by atoms with van der Waals surface area (Å²) in [4.78, 5) is 16.3. The number of carbonyl (C=O) groups excluding carboxylic acids is 1. The van der Waals surface area contributed by atoms with Gasteiger partial charge < -0.3 is 10.0 Å². The van der Waals surface area contributed by atoms with E-state index in [1.54, 1.807) is 4.90 Å². The van der Waals surface area contributed by atoms with Crippen LogP contribution in [-0.4, -0.2) is 60.1 Å². The molecular formula is C16H21N3O2. The van der Waals surface area contributed by atoms with Crippen LogP contribution < -0.4 is 0 Å². The van der Waals surface area contributed by atoms with Gasteiger partial charge in [-0.1, -0.05) is 30.3 Å². The first-order chi connectivity index (χ1) is 10.2. The molecule has 1 N–H and O–H groups in total. The molecule has 0 saturated carbocycles. The summed E-state index contributed by atoms with van der Waals surface area (Å²) in [6.45, 7) is 3.57. The van der Waals surface area contributed by atoms with Crippen LogP contribution in [-0.2, 0) is 11.2 Å². The van der Waals surface area contributed by atoms with E-state index in [9.17, 15) is 10.1 Å². The number of aliphatic hydroxyl groups excluding tert-OH is 1. The molecule has 0 aliphatic carbocycles. The van der Waals surface area contributed by atoms with Crippen LogP contribution in [0, 0.1) is 17.2 Å². The number of benzene rings is 1. The number of nitriles is 1. The van der Waals surface area contributed by atoms with Crippen molar-refractivity contribution in [1.29, 1.82) is 5.26 Å². The zero-order chi connectivity index (χ0) is 15.1. The molecule has 1 unspecified atom stereocenters. The number of nitrogens with zero attached hydrogens (tertiary/aromatic N) is 3. The average Bonchev–Trinajstić information content (AvgIpc) is 2.54. The first-order valence-corrected chi connectivity index (χ1v) is 7.30. The summed E-state index contributed by atoms with van der Waals surface area (Å²) in [7, 11) is 0. The lowest BCUT2D eigenvalue weighted by molar-refractivity contribution is -0.135. The van der Waals surface area contributed by atoms with Crippen molar-refractivity contribution in [2.75, 3.05) is 39.3 Å². The molecule has 21 heavy (non-hydrogen) atoms. The van der Waals surface area contributed by atoms with Gasteiger partial charge in [0.05, 0.1) is 12.7 Å². The molecule has 1 aliphatic rings. The zero-order valence-corrected chi connectivity index (χ0v) is 12.1. The molecule has 1 aliphatic heterocycles. The van der Waals surface area contributed by atoms with Crippen molar-refractivity contribution in [3.05, 3.63) is 35.9 Å². The summed E-state index contributed by atoms with van der Waals surface area (Å²) >= 11 is 0. The fourth-order valence-electron chi connectivity index (χ4n) is 2.59. The highest BCUT2D eigenvalue weighted by molar-refractivity contribution is 5.81. The molecule has 5 heteroatoms. The Morgan fingerprint density at radius 3 is 2.48 bits per heavy atom. The predicted octanol–water partition coefficient (Wildman–Crippen LogP) is 0.505. The van der Waals surface area contributed by atoms with Crippen LogP contribution in [0.15, 0.2) is 30.3 Å². The second-order valence-electron chi connectivity index (χ2n) is 5.26. The molecule has 1 heterocycles. The Kier molecular flexibility index (Phi) is 5.73. The van der Waals surface area contributed by atoms with Gasteiger partial charge >= 0.3 is 0 Å². The van der Waals surface area contributed by atoms with Gasteiger partial charge in [-0.2, -0.15) is 5.26 Å². The number of β-amino-alcohol motifs (C(OH)–C–C–N with tert-alkyl or cyclic N) is 1. The summed E-state index contributed by atoms with van der Waals surface area (Å²) < 4.78 is 0. The third-order valence-corrected chi connectivity index (χ3v) is 3.84. The summed E-state index contributed by atoms with van der Waals surface area (Å²) in [5.41, 5.74) is 1.01. The highest BCUT2D eigenvalue weighted by Gasteiger charge is 2.27. The Bertz CT molecular complexity index is 490. The molecule has 2 rings (SSSR count). The zero-order valence-electron chi connectivity index (χ0n) is 12.1. The van der Waals surface area contributed by atoms with E-state index in [-0.39, 0.29) is 12.5 Å². The summed E-state index contributed by atoms with van der Waals surface area (Å²) in [6.07, 6.45) is 0.465. The minimum absolute atomic E-state index is 0.0787. The quantitative estimate of drug-likeness (QED) is 0.856. The van der Waals surface area contributed by atoms with Gasteiger partial charge in [-0.25, -0.2) is 0 Å². The van der Waals surface area contributed by atoms with Crippen LogP contribution in [0.4, 0.5) is 0 Å². The Balaban J connectivity index is 1.91. The van der Waals surface area contributed by atoms with Crippen molar-refractivity contribution in [1.82, 2.24) is 9.80 Å². The Hall–Kier alpha value is -1.90. The van der Waals surface area contributed by atoms with E-state index in [0.717, 1.165) is 18.7 Å². The maximum Gasteiger partial charge on any atom is 0.240 e. The van der Waals surface area contributed by atoms with Crippen molar-refractivity contribution >= 4 is 5.91 Å². The van der Waals surface area contributed by atoms with Gasteiger partial charge in [0.15, 0.2) is 0 Å². The standard InChI is InChI=1S/C16H21N3O2/c17-13-15(12-14-4-2-1-3-5-14)16(21)19-8-6-18(7-9-19)10-11-20/h1-5,15,20H,6-12H2. The number of piperazine rings is 1. The highest BCUT2D eigenvalue weighted by atomic mass is 16.3. The first kappa shape index (κ1) is 15.5. The van der Waals surface area contributed by atoms with Gasteiger partial charge in [-0.15, -0.1) is 0 Å². The third kappa shape index (κ3) is 4.28. The van der Waals surface area contributed by atoms with Gasteiger partial charge in [-0.3, -0.25) is 9.69 Å². The van der Waals surface area contributed by atoms with Crippen molar-refractivity contribution in [2.24, 2.45) is 5.92 Å². The van der Waals surface area contributed by atoms with E-state index in [2.05, 4.69) is 11.0 Å². The highest BCUT2D eigenvalue weighted by Crippen LogP contribution is 2.13. The van der Waals surface area contributed by atoms with E-state index >= 15 is 0 Å². The van der Waals surface area contributed by atoms with Crippen LogP contribution >= 0.6 is 0 Å². The fourth-order valence-corrected chi connectivity index (χ4v) is 2.59. The Morgan fingerprint density at radius 2 is 1.90 bits per heavy atom. The number of amides is 1. The molecular weight excluding hydrogens is 266 g/mol. The largest absolute Gasteiger partial charge is 0.395 e. The third-order valence-electron chi connectivity index (χ3n) is 3.84. The molecule has 0 spiro atoms. The van der Waals surface area contributed by atoms with Crippen LogP contribution in [0.2, 0.25) is 0 Å². The molecule has 5 nitrogen and oxygen atoms in total. The number of hydrogen-bond donors (Lipinski definition) is 1. The molecule has 1 aromatic rings. The topological polar surface area (TPSA) is 67.6 Å². The van der Waals surface area contributed by atoms with Gasteiger partial charge in [0.2, 0.25) is 5.91 Å². The monoisotopic (exact) mass is 287 g/mol. The SMILES string of the molecule is N#CC(Cc1ccccc1)C(=O)N1CCN(CCO)CC1. The lowest BCUT2D eigenvalue weighted by Gasteiger charge is -2.35. The number of carbonyl (C=O) groups is 1. The van der Waals surface area contributed by atoms with Crippen molar-refractivity contribution in [2.45, 2.75) is 6.42 Å². The van der Waals surface area contributed by atoms with Crippen molar-refractivity contribution in [3.8, 4) is 6.07 Å². The van der Waals surface area contributed by atoms with Crippen LogP contribution in [0.3, 0.4) is 0 Å². The molecule has 0 radical (unpaired) electrons. The lowest BCUT2D eigenvalue weighted by atomic mass is 9.99. The number of aliphatic hydroxyl groups is 1. The molecule has 0 bridgehead atoms. The number of hydrogen-bond acceptors (Lipinski definition) is 4. The molecule has 1 aromatic carbocycles. The van der Waals surface area contributed by atoms with E-state index in [1.807, 2.05) is 30.3 Å². The van der Waals surface area contributed by atoms with Gasteiger partial charge in [0.25, 0.3) is 0 Å². The second kappa shape index (κ2) is 7.77. The maximum absolute atomic E-state index is 12.4. The van der Waals surface area contributed by atoms with E-state index in [4.69, 9.17) is 5.11 Å². The number of rotatable bonds is 5. The van der Waals surface area contributed by atoms with E-state index < -0.39 is 5.92 Å². The maximum atomic E-state index is 12.4. The van der Waals surface area contributed by atoms with Gasteiger partial charge in [0, 0.05) is 32.7 Å². The molecule has 1 amide bonds. The average molecular weight is 287 g/mol. The fraction of sp³-hybridized carbons (Fsp3) is 0.500. The van der Waals surface area contributed by atoms with E-state index in [0.29, 0.717) is 26.1 Å². The first-order valence-electron chi connectivity index (χ1n) is 7.30. The van der Waals surface area contributed by atoms with E-state index in [1.165, 1.54) is 0 Å². The van der Waals surface area contributed by atoms with Gasteiger partial charge in [-0.05, 0) is 12.0 Å². The molecule has 112 valence electrons. The second-order valence-corrected chi connectivity index (χ2v) is 5.26. The minimum Gasteiger partial charge on any atom is -0.395 e. The van der Waals surface area contributed by atoms with Crippen molar-refractivity contribution in [3.63, 3.8) is 0 Å². The summed E-state index contributed by atoms with van der Waals surface area (Å²) in [5, 5.41) is 18.2. The normalized spacial score (nSPS) is 17.2. The Labute approximate surface area is 125 Å². The molecule has 1 fully saturated rings. The van der Waals surface area contributed by atoms with Crippen LogP contribution in [0.25, 0.3) is 0 Å². The van der Waals surface area contributed by atoms with Gasteiger partial charge in [0.1, 0.15) is 5.92 Å². The Morgan fingerprint density at radius 1 is 1.24 bits per heavy atom. The van der Waals surface area contributed by atoms with Crippen LogP contribution in [0.5, 0.6) is 0 Å². The van der Waals surface area contributed by atoms with Crippen LogP contribution in [0.1, 0.15) is 5.56 Å². The summed E-state index contributed by atoms with van der Waals surface area (Å²) in [6, 6.07) is 11.8. The molecule has 1 atom stereocenters. The smallest absolute Gasteiger partial charge is 0.240 e. The lowest BCUT2D eigenvalue weighted by Crippen LogP contribution is -2.50.